The van der Waals surface area contributed by atoms with E-state index in [1.54, 1.807) is 0 Å². The maximum Gasteiger partial charge on any atom is 0.308 e. The molecule has 0 heterocycles. The Morgan fingerprint density at radius 2 is 1.77 bits per heavy atom. The molecule has 4 saturated carbocycles. The summed E-state index contributed by atoms with van der Waals surface area (Å²) >= 11 is 0. The number of ketones is 1. The first-order chi connectivity index (χ1) is 12.3. The van der Waals surface area contributed by atoms with Crippen LogP contribution in [0.3, 0.4) is 0 Å². The fourth-order valence-electron chi connectivity index (χ4n) is 8.26. The van der Waals surface area contributed by atoms with E-state index in [9.17, 15) is 9.59 Å². The van der Waals surface area contributed by atoms with E-state index in [1.165, 1.54) is 45.6 Å². The molecule has 0 bridgehead atoms. The summed E-state index contributed by atoms with van der Waals surface area (Å²) in [6.45, 7) is 7.07. The third-order valence-electron chi connectivity index (χ3n) is 9.73. The average Bonchev–Trinajstić information content (AvgIpc) is 2.98. The van der Waals surface area contributed by atoms with Crippen LogP contribution in [0, 0.1) is 46.3 Å². The largest absolute Gasteiger partial charge is 0.469 e. The highest BCUT2D eigenvalue weighted by Gasteiger charge is 2.61. The van der Waals surface area contributed by atoms with E-state index < -0.39 is 0 Å². The summed E-state index contributed by atoms with van der Waals surface area (Å²) in [4.78, 5) is 24.2. The van der Waals surface area contributed by atoms with E-state index in [1.807, 2.05) is 0 Å². The summed E-state index contributed by atoms with van der Waals surface area (Å²) in [6, 6.07) is 0. The fourth-order valence-corrected chi connectivity index (χ4v) is 8.26. The predicted molar refractivity (Wildman–Crippen MR) is 101 cm³/mol. The van der Waals surface area contributed by atoms with Crippen molar-refractivity contribution in [1.82, 2.24) is 0 Å². The number of ether oxygens (including phenoxy) is 1. The zero-order valence-electron chi connectivity index (χ0n) is 17.1. The van der Waals surface area contributed by atoms with Crippen LogP contribution >= 0.6 is 0 Å². The normalized spacial score (nSPS) is 48.9. The maximum atomic E-state index is 12.2. The first kappa shape index (κ1) is 18.5. The molecule has 4 fully saturated rings. The Morgan fingerprint density at radius 1 is 1.04 bits per heavy atom. The van der Waals surface area contributed by atoms with E-state index in [-0.39, 0.29) is 11.9 Å². The van der Waals surface area contributed by atoms with Gasteiger partial charge in [-0.1, -0.05) is 20.8 Å². The third-order valence-corrected chi connectivity index (χ3v) is 9.73. The highest BCUT2D eigenvalue weighted by Crippen LogP contribution is 2.68. The SMILES string of the molecule is COC(=O)[C@@H](C)[C@@H]1CC[C@@H]2[C@H]3CC[C@H]4CC(=O)CC[C@]4(C)[C@@H]3CC[C@@]21C. The molecule has 8 atom stereocenters. The van der Waals surface area contributed by atoms with Gasteiger partial charge in [-0.25, -0.2) is 0 Å². The predicted octanol–water partition coefficient (Wildman–Crippen LogP) is 5.02. The van der Waals surface area contributed by atoms with Gasteiger partial charge in [0.2, 0.25) is 0 Å². The number of Topliss-reactive ketones (excluding diaryl/α,β-unsaturated/α-hetero) is 1. The average molecular weight is 361 g/mol. The molecule has 0 aliphatic heterocycles. The van der Waals surface area contributed by atoms with Crippen molar-refractivity contribution in [1.29, 1.82) is 0 Å². The van der Waals surface area contributed by atoms with Gasteiger partial charge >= 0.3 is 5.97 Å². The number of hydrogen-bond donors (Lipinski definition) is 0. The lowest BCUT2D eigenvalue weighted by Gasteiger charge is -2.60. The fraction of sp³-hybridized carbons (Fsp3) is 0.913. The van der Waals surface area contributed by atoms with Crippen LogP contribution in [0.5, 0.6) is 0 Å². The summed E-state index contributed by atoms with van der Waals surface area (Å²) < 4.78 is 5.08. The Kier molecular flexibility index (Phi) is 4.51. The van der Waals surface area contributed by atoms with Crippen LogP contribution in [0.1, 0.15) is 78.6 Å². The smallest absolute Gasteiger partial charge is 0.308 e. The number of rotatable bonds is 2. The minimum absolute atomic E-state index is 0.0192. The minimum atomic E-state index is -0.0274. The van der Waals surface area contributed by atoms with Crippen molar-refractivity contribution < 1.29 is 14.3 Å². The Hall–Kier alpha value is -0.860. The van der Waals surface area contributed by atoms with E-state index in [2.05, 4.69) is 20.8 Å². The minimum Gasteiger partial charge on any atom is -0.469 e. The van der Waals surface area contributed by atoms with Gasteiger partial charge in [0.1, 0.15) is 5.78 Å². The lowest BCUT2D eigenvalue weighted by atomic mass is 9.44. The molecule has 0 N–H and O–H groups in total. The van der Waals surface area contributed by atoms with Crippen LogP contribution in [-0.2, 0) is 14.3 Å². The van der Waals surface area contributed by atoms with Crippen molar-refractivity contribution in [2.75, 3.05) is 7.11 Å². The molecule has 0 aromatic carbocycles. The molecule has 146 valence electrons. The van der Waals surface area contributed by atoms with Crippen molar-refractivity contribution in [2.45, 2.75) is 78.6 Å². The molecule has 0 saturated heterocycles. The van der Waals surface area contributed by atoms with E-state index in [4.69, 9.17) is 4.74 Å². The summed E-state index contributed by atoms with van der Waals surface area (Å²) in [5.74, 6) is 3.94. The molecule has 0 unspecified atom stereocenters. The summed E-state index contributed by atoms with van der Waals surface area (Å²) in [6.07, 6.45) is 10.3. The number of carbonyl (C=O) groups excluding carboxylic acids is 2. The Labute approximate surface area is 158 Å². The number of fused-ring (bicyclic) bond motifs is 5. The van der Waals surface area contributed by atoms with Gasteiger partial charge in [0, 0.05) is 12.8 Å². The number of esters is 1. The molecule has 0 radical (unpaired) electrons. The molecular weight excluding hydrogens is 324 g/mol. The highest BCUT2D eigenvalue weighted by atomic mass is 16.5. The van der Waals surface area contributed by atoms with Crippen molar-refractivity contribution in [3.05, 3.63) is 0 Å². The van der Waals surface area contributed by atoms with Gasteiger partial charge in [-0.05, 0) is 85.4 Å². The molecule has 0 amide bonds. The Bertz CT molecular complexity index is 598. The van der Waals surface area contributed by atoms with E-state index >= 15 is 0 Å². The molecule has 4 aliphatic rings. The summed E-state index contributed by atoms with van der Waals surface area (Å²) in [7, 11) is 1.52. The van der Waals surface area contributed by atoms with Gasteiger partial charge < -0.3 is 4.74 Å². The molecule has 0 aromatic rings. The van der Waals surface area contributed by atoms with E-state index in [0.717, 1.165) is 37.0 Å². The first-order valence-corrected chi connectivity index (χ1v) is 10.9. The van der Waals surface area contributed by atoms with Crippen LogP contribution in [0.4, 0.5) is 0 Å². The molecule has 4 aliphatic carbocycles. The monoisotopic (exact) mass is 360 g/mol. The highest BCUT2D eigenvalue weighted by molar-refractivity contribution is 5.79. The second-order valence-electron chi connectivity index (χ2n) is 10.4. The van der Waals surface area contributed by atoms with Gasteiger partial charge in [-0.15, -0.1) is 0 Å². The van der Waals surface area contributed by atoms with Crippen LogP contribution in [0.2, 0.25) is 0 Å². The lowest BCUT2D eigenvalue weighted by molar-refractivity contribution is -0.152. The molecular formula is C23H36O3. The van der Waals surface area contributed by atoms with Gasteiger partial charge in [0.05, 0.1) is 13.0 Å². The summed E-state index contributed by atoms with van der Waals surface area (Å²) in [5, 5.41) is 0. The van der Waals surface area contributed by atoms with Crippen molar-refractivity contribution in [3.63, 3.8) is 0 Å². The quantitative estimate of drug-likeness (QED) is 0.649. The van der Waals surface area contributed by atoms with Crippen LogP contribution in [0.25, 0.3) is 0 Å². The van der Waals surface area contributed by atoms with Gasteiger partial charge in [-0.2, -0.15) is 0 Å². The standard InChI is InChI=1S/C23H36O3/c1-14(21(25)26-4)18-7-8-19-17-6-5-15-13-16(24)9-11-22(15,2)20(17)10-12-23(18,19)3/h14-15,17-20H,5-13H2,1-4H3/t14-,15-,17+,18-,19+,20+,22-,23+/m0/s1. The van der Waals surface area contributed by atoms with Crippen LogP contribution in [0.15, 0.2) is 0 Å². The molecule has 0 spiro atoms. The van der Waals surface area contributed by atoms with Crippen molar-refractivity contribution in [2.24, 2.45) is 46.3 Å². The molecule has 3 heteroatoms. The second kappa shape index (κ2) is 6.34. The van der Waals surface area contributed by atoms with Gasteiger partial charge in [-0.3, -0.25) is 9.59 Å². The van der Waals surface area contributed by atoms with E-state index in [0.29, 0.717) is 28.4 Å². The number of carbonyl (C=O) groups is 2. The Balaban J connectivity index is 1.58. The number of hydrogen-bond acceptors (Lipinski definition) is 3. The molecule has 3 nitrogen and oxygen atoms in total. The van der Waals surface area contributed by atoms with Crippen LogP contribution in [-0.4, -0.2) is 18.9 Å². The number of methoxy groups -OCH3 is 1. The third kappa shape index (κ3) is 2.52. The second-order valence-corrected chi connectivity index (χ2v) is 10.4. The van der Waals surface area contributed by atoms with Gasteiger partial charge in [0.15, 0.2) is 0 Å². The topological polar surface area (TPSA) is 43.4 Å². The molecule has 4 rings (SSSR count). The zero-order chi connectivity index (χ0) is 18.7. The first-order valence-electron chi connectivity index (χ1n) is 10.9. The van der Waals surface area contributed by atoms with Crippen molar-refractivity contribution in [3.8, 4) is 0 Å². The Morgan fingerprint density at radius 3 is 2.50 bits per heavy atom. The zero-order valence-corrected chi connectivity index (χ0v) is 17.1. The van der Waals surface area contributed by atoms with Crippen molar-refractivity contribution >= 4 is 11.8 Å². The van der Waals surface area contributed by atoms with Crippen LogP contribution < -0.4 is 0 Å². The maximum absolute atomic E-state index is 12.2. The lowest BCUT2D eigenvalue weighted by Crippen LogP contribution is -2.54. The molecule has 26 heavy (non-hydrogen) atoms. The summed E-state index contributed by atoms with van der Waals surface area (Å²) in [5.41, 5.74) is 0.673. The van der Waals surface area contributed by atoms with Gasteiger partial charge in [0.25, 0.3) is 0 Å². The molecule has 0 aromatic heterocycles.